The topological polar surface area (TPSA) is 106 Å². The number of carboxylic acid groups (broad SMARTS) is 1. The predicted molar refractivity (Wildman–Crippen MR) is 96.7 cm³/mol. The summed E-state index contributed by atoms with van der Waals surface area (Å²) >= 11 is 0. The average Bonchev–Trinajstić information content (AvgIpc) is 2.61. The van der Waals surface area contributed by atoms with E-state index in [9.17, 15) is 20.0 Å². The van der Waals surface area contributed by atoms with Gasteiger partial charge in [-0.1, -0.05) is 12.1 Å². The molecular weight excluding hydrogens is 334 g/mol. The first-order valence-corrected chi connectivity index (χ1v) is 8.27. The molecule has 0 saturated carbocycles. The van der Waals surface area contributed by atoms with Crippen LogP contribution in [0.25, 0.3) is 0 Å². The molecule has 2 unspecified atom stereocenters. The summed E-state index contributed by atoms with van der Waals surface area (Å²) in [5, 5.41) is 20.3. The van der Waals surface area contributed by atoms with E-state index in [-0.39, 0.29) is 17.2 Å². The highest BCUT2D eigenvalue weighted by atomic mass is 16.6. The van der Waals surface area contributed by atoms with Gasteiger partial charge in [-0.15, -0.1) is 0 Å². The summed E-state index contributed by atoms with van der Waals surface area (Å²) in [4.78, 5) is 30.7. The largest absolute Gasteiger partial charge is 0.478 e. The van der Waals surface area contributed by atoms with Crippen LogP contribution in [-0.2, 0) is 5.54 Å². The molecule has 1 aromatic carbocycles. The number of aromatic nitrogens is 1. The second-order valence-corrected chi connectivity index (χ2v) is 6.85. The lowest BCUT2D eigenvalue weighted by atomic mass is 9.76. The Bertz CT molecular complexity index is 909. The molecule has 26 heavy (non-hydrogen) atoms. The van der Waals surface area contributed by atoms with E-state index in [0.717, 1.165) is 16.8 Å². The van der Waals surface area contributed by atoms with Crippen molar-refractivity contribution in [3.05, 3.63) is 69.5 Å². The number of carboxylic acids is 1. The van der Waals surface area contributed by atoms with Crippen LogP contribution in [0.5, 0.6) is 0 Å². The van der Waals surface area contributed by atoms with Crippen LogP contribution in [0.3, 0.4) is 0 Å². The van der Waals surface area contributed by atoms with Crippen LogP contribution in [0.2, 0.25) is 0 Å². The van der Waals surface area contributed by atoms with Gasteiger partial charge >= 0.3 is 5.97 Å². The van der Waals surface area contributed by atoms with Gasteiger partial charge in [0.15, 0.2) is 0 Å². The Kier molecular flexibility index (Phi) is 4.54. The molecule has 3 rings (SSSR count). The van der Waals surface area contributed by atoms with Crippen molar-refractivity contribution in [2.75, 3.05) is 0 Å². The SMILES string of the molecule is CC1=NC(C)(c2cncc(C(=O)O)c2)CC(c2cccc([N+](=O)[O-])c2)C1. The van der Waals surface area contributed by atoms with Crippen LogP contribution in [-0.4, -0.2) is 26.7 Å². The molecule has 0 amide bonds. The number of nitro groups is 1. The summed E-state index contributed by atoms with van der Waals surface area (Å²) in [6.45, 7) is 3.87. The van der Waals surface area contributed by atoms with E-state index < -0.39 is 16.4 Å². The molecule has 2 aromatic rings. The number of non-ortho nitro benzene ring substituents is 1. The molecule has 2 atom stereocenters. The Balaban J connectivity index is 1.98. The van der Waals surface area contributed by atoms with Gasteiger partial charge in [0.05, 0.1) is 16.0 Å². The minimum atomic E-state index is -1.03. The molecule has 0 fully saturated rings. The maximum Gasteiger partial charge on any atom is 0.337 e. The van der Waals surface area contributed by atoms with Gasteiger partial charge in [-0.3, -0.25) is 20.1 Å². The molecule has 134 valence electrons. The second-order valence-electron chi connectivity index (χ2n) is 6.85. The molecule has 0 spiro atoms. The summed E-state index contributed by atoms with van der Waals surface area (Å²) in [6, 6.07) is 8.27. The second kappa shape index (κ2) is 6.67. The number of aliphatic imine (C=N–C) groups is 1. The molecule has 7 nitrogen and oxygen atoms in total. The van der Waals surface area contributed by atoms with Crippen LogP contribution in [0.15, 0.2) is 47.7 Å². The summed E-state index contributed by atoms with van der Waals surface area (Å²) in [6.07, 6.45) is 4.28. The molecule has 2 heterocycles. The van der Waals surface area contributed by atoms with Crippen molar-refractivity contribution in [3.8, 4) is 0 Å². The van der Waals surface area contributed by atoms with Gasteiger partial charge in [0, 0.05) is 30.2 Å². The van der Waals surface area contributed by atoms with Crippen molar-refractivity contribution >= 4 is 17.4 Å². The third-order valence-electron chi connectivity index (χ3n) is 4.78. The van der Waals surface area contributed by atoms with E-state index in [2.05, 4.69) is 4.98 Å². The van der Waals surface area contributed by atoms with Crippen LogP contribution in [0.1, 0.15) is 54.1 Å². The van der Waals surface area contributed by atoms with E-state index in [1.165, 1.54) is 12.3 Å². The Morgan fingerprint density at radius 2 is 2.12 bits per heavy atom. The summed E-state index contributed by atoms with van der Waals surface area (Å²) in [5.74, 6) is -0.972. The number of pyridine rings is 1. The van der Waals surface area contributed by atoms with Gasteiger partial charge < -0.3 is 5.11 Å². The van der Waals surface area contributed by atoms with Crippen molar-refractivity contribution in [3.63, 3.8) is 0 Å². The number of nitro benzene ring substituents is 1. The van der Waals surface area contributed by atoms with Crippen molar-refractivity contribution in [2.45, 2.75) is 38.1 Å². The van der Waals surface area contributed by atoms with E-state index >= 15 is 0 Å². The number of nitrogens with zero attached hydrogens (tertiary/aromatic N) is 3. The molecule has 0 saturated heterocycles. The molecule has 1 N–H and O–H groups in total. The Hall–Kier alpha value is -3.09. The van der Waals surface area contributed by atoms with E-state index in [4.69, 9.17) is 4.99 Å². The van der Waals surface area contributed by atoms with Gasteiger partial charge in [0.2, 0.25) is 0 Å². The summed E-state index contributed by atoms with van der Waals surface area (Å²) < 4.78 is 0. The standard InChI is InChI=1S/C19H19N3O4/c1-12-6-14(13-4-3-5-17(8-13)22(25)26)9-19(2,21-12)16-7-15(18(23)24)10-20-11-16/h3-5,7-8,10-11,14H,6,9H2,1-2H3,(H,23,24). The third kappa shape index (κ3) is 3.46. The lowest BCUT2D eigenvalue weighted by Gasteiger charge is -2.35. The fourth-order valence-electron chi connectivity index (χ4n) is 3.58. The fourth-order valence-corrected chi connectivity index (χ4v) is 3.58. The van der Waals surface area contributed by atoms with Gasteiger partial charge in [-0.2, -0.15) is 0 Å². The van der Waals surface area contributed by atoms with Crippen molar-refractivity contribution in [2.24, 2.45) is 4.99 Å². The van der Waals surface area contributed by atoms with Crippen molar-refractivity contribution in [1.82, 2.24) is 4.98 Å². The number of hydrogen-bond acceptors (Lipinski definition) is 5. The first-order chi connectivity index (χ1) is 12.3. The lowest BCUT2D eigenvalue weighted by Crippen LogP contribution is -2.29. The number of carbonyl (C=O) groups is 1. The van der Waals surface area contributed by atoms with Gasteiger partial charge in [0.1, 0.15) is 0 Å². The van der Waals surface area contributed by atoms with Crippen LogP contribution in [0.4, 0.5) is 5.69 Å². The maximum absolute atomic E-state index is 11.3. The first kappa shape index (κ1) is 17.7. The van der Waals surface area contributed by atoms with E-state index in [0.29, 0.717) is 12.8 Å². The molecule has 0 bridgehead atoms. The molecule has 1 aliphatic heterocycles. The van der Waals surface area contributed by atoms with Crippen molar-refractivity contribution < 1.29 is 14.8 Å². The highest BCUT2D eigenvalue weighted by Gasteiger charge is 2.35. The zero-order valence-corrected chi connectivity index (χ0v) is 14.5. The van der Waals surface area contributed by atoms with Gasteiger partial charge in [-0.05, 0) is 49.8 Å². The molecule has 1 aromatic heterocycles. The molecule has 1 aliphatic rings. The highest BCUT2D eigenvalue weighted by molar-refractivity contribution is 5.87. The predicted octanol–water partition coefficient (Wildman–Crippen LogP) is 3.94. The molecule has 7 heteroatoms. The normalized spacial score (nSPS) is 22.5. The highest BCUT2D eigenvalue weighted by Crippen LogP contribution is 2.42. The monoisotopic (exact) mass is 353 g/mol. The number of aromatic carboxylic acids is 1. The van der Waals surface area contributed by atoms with E-state index in [1.807, 2.05) is 19.9 Å². The smallest absolute Gasteiger partial charge is 0.337 e. The lowest BCUT2D eigenvalue weighted by molar-refractivity contribution is -0.384. The fraction of sp³-hybridized carbons (Fsp3) is 0.316. The minimum absolute atomic E-state index is 0.0610. The zero-order chi connectivity index (χ0) is 18.9. The minimum Gasteiger partial charge on any atom is -0.478 e. The van der Waals surface area contributed by atoms with Crippen LogP contribution in [0, 0.1) is 10.1 Å². The third-order valence-corrected chi connectivity index (χ3v) is 4.78. The van der Waals surface area contributed by atoms with Gasteiger partial charge in [-0.25, -0.2) is 4.79 Å². The van der Waals surface area contributed by atoms with Gasteiger partial charge in [0.25, 0.3) is 5.69 Å². The maximum atomic E-state index is 11.3. The molecule has 0 aliphatic carbocycles. The number of rotatable bonds is 4. The summed E-state index contributed by atoms with van der Waals surface area (Å²) in [5.41, 5.74) is 2.11. The number of hydrogen-bond donors (Lipinski definition) is 1. The van der Waals surface area contributed by atoms with Crippen molar-refractivity contribution in [1.29, 1.82) is 0 Å². The Morgan fingerprint density at radius 1 is 1.35 bits per heavy atom. The van der Waals surface area contributed by atoms with E-state index in [1.54, 1.807) is 24.4 Å². The average molecular weight is 353 g/mol. The quantitative estimate of drug-likeness (QED) is 0.662. The van der Waals surface area contributed by atoms with Crippen LogP contribution < -0.4 is 0 Å². The Morgan fingerprint density at radius 3 is 2.81 bits per heavy atom. The molecule has 0 radical (unpaired) electrons. The number of benzene rings is 1. The molecular formula is C19H19N3O4. The Labute approximate surface area is 150 Å². The van der Waals surface area contributed by atoms with Crippen LogP contribution >= 0.6 is 0 Å². The zero-order valence-electron chi connectivity index (χ0n) is 14.5. The first-order valence-electron chi connectivity index (χ1n) is 8.27. The summed E-state index contributed by atoms with van der Waals surface area (Å²) in [7, 11) is 0.